The number of benzene rings is 1. The number of ether oxygens (including phenoxy) is 3. The van der Waals surface area contributed by atoms with Gasteiger partial charge in [-0.25, -0.2) is 9.59 Å². The highest BCUT2D eigenvalue weighted by atomic mass is 16.6. The second kappa shape index (κ2) is 6.90. The Morgan fingerprint density at radius 3 is 2.52 bits per heavy atom. The Morgan fingerprint density at radius 2 is 1.85 bits per heavy atom. The lowest BCUT2D eigenvalue weighted by Gasteiger charge is -2.43. The summed E-state index contributed by atoms with van der Waals surface area (Å²) in [5, 5.41) is 0.632. The molecular weight excluding hydrogens is 352 g/mol. The van der Waals surface area contributed by atoms with Crippen molar-refractivity contribution in [3.05, 3.63) is 52.4 Å². The van der Waals surface area contributed by atoms with Crippen molar-refractivity contribution in [3.63, 3.8) is 0 Å². The second-order valence-corrected chi connectivity index (χ2v) is 6.74. The first-order chi connectivity index (χ1) is 12.7. The minimum atomic E-state index is -0.996. The molecule has 7 nitrogen and oxygen atoms in total. The van der Waals surface area contributed by atoms with Gasteiger partial charge >= 0.3 is 17.6 Å². The third-order valence-corrected chi connectivity index (χ3v) is 4.24. The molecular formula is C20H20O7. The van der Waals surface area contributed by atoms with Crippen LogP contribution in [0.2, 0.25) is 0 Å². The van der Waals surface area contributed by atoms with E-state index < -0.39 is 35.4 Å². The molecule has 1 aromatic heterocycles. The van der Waals surface area contributed by atoms with E-state index in [9.17, 15) is 14.4 Å². The predicted molar refractivity (Wildman–Crippen MR) is 96.4 cm³/mol. The summed E-state index contributed by atoms with van der Waals surface area (Å²) in [6.45, 7) is 6.40. The normalized spacial score (nSPS) is 20.7. The predicted octanol–water partition coefficient (Wildman–Crippen LogP) is 3.06. The van der Waals surface area contributed by atoms with Crippen LogP contribution in [-0.2, 0) is 19.1 Å². The summed E-state index contributed by atoms with van der Waals surface area (Å²) >= 11 is 0. The molecule has 0 N–H and O–H groups in total. The van der Waals surface area contributed by atoms with Crippen LogP contribution in [0, 0.1) is 0 Å². The molecule has 0 amide bonds. The van der Waals surface area contributed by atoms with Gasteiger partial charge in [-0.2, -0.15) is 0 Å². The van der Waals surface area contributed by atoms with E-state index in [0.717, 1.165) is 0 Å². The molecule has 0 fully saturated rings. The third kappa shape index (κ3) is 3.58. The van der Waals surface area contributed by atoms with Gasteiger partial charge in [0.1, 0.15) is 16.9 Å². The average molecular weight is 372 g/mol. The van der Waals surface area contributed by atoms with Gasteiger partial charge in [0.25, 0.3) is 0 Å². The van der Waals surface area contributed by atoms with Crippen molar-refractivity contribution in [2.75, 3.05) is 0 Å². The molecule has 2 heterocycles. The van der Waals surface area contributed by atoms with E-state index in [4.69, 9.17) is 18.6 Å². The lowest BCUT2D eigenvalue weighted by molar-refractivity contribution is -0.185. The van der Waals surface area contributed by atoms with Crippen LogP contribution in [0.3, 0.4) is 0 Å². The number of allylic oxidation sites excluding steroid dienone is 1. The molecule has 0 spiro atoms. The zero-order chi connectivity index (χ0) is 19.8. The van der Waals surface area contributed by atoms with Gasteiger partial charge in [0, 0.05) is 24.5 Å². The Kier molecular flexibility index (Phi) is 4.78. The summed E-state index contributed by atoms with van der Waals surface area (Å²) in [6, 6.07) is 6.35. The van der Waals surface area contributed by atoms with Crippen LogP contribution in [0.4, 0.5) is 0 Å². The molecule has 0 bridgehead atoms. The van der Waals surface area contributed by atoms with Crippen LogP contribution in [0.1, 0.15) is 39.4 Å². The molecule has 1 aliphatic rings. The summed E-state index contributed by atoms with van der Waals surface area (Å²) < 4.78 is 22.4. The number of hydrogen-bond acceptors (Lipinski definition) is 7. The molecule has 1 aromatic carbocycles. The highest BCUT2D eigenvalue weighted by Crippen LogP contribution is 2.46. The maximum absolute atomic E-state index is 12.1. The molecule has 7 heteroatoms. The maximum atomic E-state index is 12.1. The fourth-order valence-electron chi connectivity index (χ4n) is 3.16. The minimum absolute atomic E-state index is 0.230. The van der Waals surface area contributed by atoms with Gasteiger partial charge in [-0.3, -0.25) is 4.79 Å². The van der Waals surface area contributed by atoms with Crippen molar-refractivity contribution in [3.8, 4) is 5.75 Å². The van der Waals surface area contributed by atoms with Crippen LogP contribution in [0.15, 0.2) is 45.6 Å². The van der Waals surface area contributed by atoms with E-state index in [1.54, 1.807) is 45.0 Å². The number of carbonyl (C=O) groups is 2. The maximum Gasteiger partial charge on any atom is 0.336 e. The van der Waals surface area contributed by atoms with E-state index in [1.807, 2.05) is 0 Å². The van der Waals surface area contributed by atoms with Crippen LogP contribution in [0.5, 0.6) is 5.75 Å². The summed E-state index contributed by atoms with van der Waals surface area (Å²) in [7, 11) is 0. The molecule has 0 aliphatic carbocycles. The highest BCUT2D eigenvalue weighted by Gasteiger charge is 2.49. The zero-order valence-electron chi connectivity index (χ0n) is 15.5. The van der Waals surface area contributed by atoms with Gasteiger partial charge < -0.3 is 18.6 Å². The fraction of sp³-hybridized carbons (Fsp3) is 0.350. The Labute approximate surface area is 155 Å². The Balaban J connectivity index is 2.22. The quantitative estimate of drug-likeness (QED) is 0.464. The van der Waals surface area contributed by atoms with Crippen molar-refractivity contribution in [2.24, 2.45) is 0 Å². The van der Waals surface area contributed by atoms with Crippen molar-refractivity contribution in [1.82, 2.24) is 0 Å². The van der Waals surface area contributed by atoms with E-state index in [-0.39, 0.29) is 5.58 Å². The van der Waals surface area contributed by atoms with E-state index in [0.29, 0.717) is 16.7 Å². The third-order valence-electron chi connectivity index (χ3n) is 4.24. The number of carbonyl (C=O) groups excluding carboxylic acids is 2. The van der Waals surface area contributed by atoms with Gasteiger partial charge in [0.15, 0.2) is 12.2 Å². The van der Waals surface area contributed by atoms with E-state index in [2.05, 4.69) is 0 Å². The SMILES string of the molecule is CC=CC(=O)OC1C(OC(C)=O)c2c(ccc3ccc(=O)oc23)OC1(C)C. The number of hydrogen-bond donors (Lipinski definition) is 0. The lowest BCUT2D eigenvalue weighted by Crippen LogP contribution is -2.52. The molecule has 2 atom stereocenters. The topological polar surface area (TPSA) is 92.0 Å². The highest BCUT2D eigenvalue weighted by molar-refractivity contribution is 5.84. The molecule has 2 unspecified atom stereocenters. The van der Waals surface area contributed by atoms with Crippen LogP contribution < -0.4 is 10.4 Å². The van der Waals surface area contributed by atoms with E-state index in [1.165, 1.54) is 19.1 Å². The lowest BCUT2D eigenvalue weighted by atomic mass is 9.87. The Hall–Kier alpha value is -3.09. The summed E-state index contributed by atoms with van der Waals surface area (Å²) in [5.74, 6) is -0.765. The van der Waals surface area contributed by atoms with Crippen LogP contribution in [-0.4, -0.2) is 23.6 Å². The molecule has 0 saturated heterocycles. The summed E-state index contributed by atoms with van der Waals surface area (Å²) in [4.78, 5) is 35.6. The van der Waals surface area contributed by atoms with Gasteiger partial charge in [0.2, 0.25) is 0 Å². The smallest absolute Gasteiger partial charge is 0.336 e. The first kappa shape index (κ1) is 18.7. The van der Waals surface area contributed by atoms with Gasteiger partial charge in [0.05, 0.1) is 5.56 Å². The second-order valence-electron chi connectivity index (χ2n) is 6.74. The number of esters is 2. The monoisotopic (exact) mass is 372 g/mol. The van der Waals surface area contributed by atoms with Crippen molar-refractivity contribution in [2.45, 2.75) is 45.5 Å². The van der Waals surface area contributed by atoms with Gasteiger partial charge in [-0.05, 0) is 39.0 Å². The van der Waals surface area contributed by atoms with Crippen LogP contribution in [0.25, 0.3) is 11.0 Å². The first-order valence-electron chi connectivity index (χ1n) is 8.49. The van der Waals surface area contributed by atoms with Crippen molar-refractivity contribution >= 4 is 22.9 Å². The van der Waals surface area contributed by atoms with Crippen molar-refractivity contribution in [1.29, 1.82) is 0 Å². The molecule has 0 radical (unpaired) electrons. The number of rotatable bonds is 3. The van der Waals surface area contributed by atoms with Gasteiger partial charge in [-0.15, -0.1) is 0 Å². The largest absolute Gasteiger partial charge is 0.483 e. The first-order valence-corrected chi connectivity index (χ1v) is 8.49. The standard InChI is InChI=1S/C20H20O7/c1-5-6-14(22)26-19-18(24-11(2)21)16-13(27-20(19,3)4)9-7-12-8-10-15(23)25-17(12)16/h5-10,18-19H,1-4H3. The Bertz CT molecular complexity index is 983. The molecule has 27 heavy (non-hydrogen) atoms. The minimum Gasteiger partial charge on any atom is -0.483 e. The fourth-order valence-corrected chi connectivity index (χ4v) is 3.16. The van der Waals surface area contributed by atoms with Gasteiger partial charge in [-0.1, -0.05) is 6.08 Å². The van der Waals surface area contributed by atoms with E-state index >= 15 is 0 Å². The zero-order valence-corrected chi connectivity index (χ0v) is 15.5. The summed E-state index contributed by atoms with van der Waals surface area (Å²) in [5.41, 5.74) is -0.954. The molecule has 2 aromatic rings. The summed E-state index contributed by atoms with van der Waals surface area (Å²) in [6.07, 6.45) is 0.862. The molecule has 0 saturated carbocycles. The molecule has 3 rings (SSSR count). The number of fused-ring (bicyclic) bond motifs is 3. The molecule has 142 valence electrons. The molecule has 1 aliphatic heterocycles. The Morgan fingerprint density at radius 1 is 1.15 bits per heavy atom. The average Bonchev–Trinajstić information content (AvgIpc) is 2.56. The van der Waals surface area contributed by atoms with Crippen molar-refractivity contribution < 1.29 is 28.2 Å². The van der Waals surface area contributed by atoms with Crippen LogP contribution >= 0.6 is 0 Å².